The van der Waals surface area contributed by atoms with Gasteiger partial charge in [-0.1, -0.05) is 0 Å². The summed E-state index contributed by atoms with van der Waals surface area (Å²) in [6.45, 7) is 2.94. The van der Waals surface area contributed by atoms with Gasteiger partial charge in [0.05, 0.1) is 32.0 Å². The van der Waals surface area contributed by atoms with Crippen LogP contribution in [0.3, 0.4) is 0 Å². The van der Waals surface area contributed by atoms with E-state index in [1.165, 1.54) is 15.6 Å². The number of carbonyl (C=O) groups is 1. The fourth-order valence-electron chi connectivity index (χ4n) is 3.44. The van der Waals surface area contributed by atoms with E-state index in [1.807, 2.05) is 0 Å². The molecule has 0 aromatic carbocycles. The number of hydrogen-bond donors (Lipinski definition) is 0. The molecule has 3 fully saturated rings. The molecule has 0 N–H and O–H groups in total. The van der Waals surface area contributed by atoms with Crippen molar-refractivity contribution in [3.05, 3.63) is 0 Å². The highest BCUT2D eigenvalue weighted by molar-refractivity contribution is 7.88. The summed E-state index contributed by atoms with van der Waals surface area (Å²) in [5, 5.41) is 1.45. The Hall–Kier alpha value is -0.700. The molecule has 3 aliphatic heterocycles. The Morgan fingerprint density at radius 2 is 2.00 bits per heavy atom. The molecule has 120 valence electrons. The van der Waals surface area contributed by atoms with E-state index >= 15 is 0 Å². The summed E-state index contributed by atoms with van der Waals surface area (Å²) in [5.74, 6) is -0.216. The van der Waals surface area contributed by atoms with Crippen LogP contribution in [0, 0.1) is 17.8 Å². The highest BCUT2D eigenvalue weighted by Crippen LogP contribution is 2.36. The van der Waals surface area contributed by atoms with Gasteiger partial charge in [0.15, 0.2) is 0 Å². The highest BCUT2D eigenvalue weighted by atomic mass is 32.2. The number of hydroxylamine groups is 2. The minimum atomic E-state index is -3.21. The lowest BCUT2D eigenvalue weighted by atomic mass is 9.82. The number of rotatable bonds is 2. The number of hydrogen-bond acceptors (Lipinski definition) is 5. The summed E-state index contributed by atoms with van der Waals surface area (Å²) in [7, 11) is -3.21. The largest absolute Gasteiger partial charge is 0.380 e. The summed E-state index contributed by atoms with van der Waals surface area (Å²) >= 11 is 0. The van der Waals surface area contributed by atoms with Gasteiger partial charge in [0.2, 0.25) is 10.0 Å². The zero-order valence-corrected chi connectivity index (χ0v) is 13.0. The van der Waals surface area contributed by atoms with Crippen LogP contribution in [0.4, 0.5) is 0 Å². The number of sulfonamides is 1. The van der Waals surface area contributed by atoms with Crippen LogP contribution in [0.1, 0.15) is 12.8 Å². The second-order valence-corrected chi connectivity index (χ2v) is 8.11. The number of nitrogens with zero attached hydrogens (tertiary/aromatic N) is 2. The van der Waals surface area contributed by atoms with Crippen molar-refractivity contribution in [3.63, 3.8) is 0 Å². The lowest BCUT2D eigenvalue weighted by molar-refractivity contribution is -0.207. The summed E-state index contributed by atoms with van der Waals surface area (Å²) in [6.07, 6.45) is 3.14. The van der Waals surface area contributed by atoms with Gasteiger partial charge in [-0.05, 0) is 18.8 Å². The standard InChI is InChI=1S/C13H22N2O5S/c1-21(17,18)14-6-10-8-19-9-12(11(10)7-14)13(16)15-4-2-3-5-20-15/h10-12H,2-9H2,1H3/t10-,11-,12-/m1/s1. The predicted octanol–water partition coefficient (Wildman–Crippen LogP) is -0.306. The third-order valence-electron chi connectivity index (χ3n) is 4.64. The average molecular weight is 318 g/mol. The lowest BCUT2D eigenvalue weighted by Gasteiger charge is -2.36. The van der Waals surface area contributed by atoms with Gasteiger partial charge in [-0.25, -0.2) is 17.8 Å². The van der Waals surface area contributed by atoms with E-state index in [4.69, 9.17) is 9.57 Å². The first-order valence-corrected chi connectivity index (χ1v) is 9.29. The predicted molar refractivity (Wildman–Crippen MR) is 74.6 cm³/mol. The molecule has 7 nitrogen and oxygen atoms in total. The van der Waals surface area contributed by atoms with Gasteiger partial charge < -0.3 is 4.74 Å². The Morgan fingerprint density at radius 1 is 1.19 bits per heavy atom. The molecule has 8 heteroatoms. The minimum Gasteiger partial charge on any atom is -0.380 e. The van der Waals surface area contributed by atoms with Crippen molar-refractivity contribution < 1.29 is 22.8 Å². The van der Waals surface area contributed by atoms with E-state index in [0.717, 1.165) is 12.8 Å². The molecule has 3 saturated heterocycles. The summed E-state index contributed by atoms with van der Waals surface area (Å²) in [6, 6.07) is 0. The van der Waals surface area contributed by atoms with Crippen LogP contribution in [0.25, 0.3) is 0 Å². The Labute approximate surface area is 125 Å². The quantitative estimate of drug-likeness (QED) is 0.698. The summed E-state index contributed by atoms with van der Waals surface area (Å²) in [4.78, 5) is 18.0. The molecule has 3 heterocycles. The van der Waals surface area contributed by atoms with E-state index in [1.54, 1.807) is 0 Å². The van der Waals surface area contributed by atoms with Crippen molar-refractivity contribution in [2.24, 2.45) is 17.8 Å². The molecule has 0 saturated carbocycles. The normalized spacial score (nSPS) is 34.7. The van der Waals surface area contributed by atoms with E-state index in [9.17, 15) is 13.2 Å². The van der Waals surface area contributed by atoms with Gasteiger partial charge in [0, 0.05) is 25.6 Å². The molecule has 1 amide bonds. The Morgan fingerprint density at radius 3 is 2.67 bits per heavy atom. The zero-order valence-electron chi connectivity index (χ0n) is 12.2. The lowest BCUT2D eigenvalue weighted by Crippen LogP contribution is -2.47. The molecular weight excluding hydrogens is 296 g/mol. The Kier molecular flexibility index (Phi) is 4.22. The van der Waals surface area contributed by atoms with Crippen molar-refractivity contribution in [1.82, 2.24) is 9.37 Å². The van der Waals surface area contributed by atoms with Gasteiger partial charge in [0.25, 0.3) is 5.91 Å². The van der Waals surface area contributed by atoms with Crippen molar-refractivity contribution in [2.75, 3.05) is 45.7 Å². The molecule has 3 rings (SSSR count). The van der Waals surface area contributed by atoms with E-state index < -0.39 is 10.0 Å². The molecular formula is C13H22N2O5S. The van der Waals surface area contributed by atoms with Crippen LogP contribution < -0.4 is 0 Å². The van der Waals surface area contributed by atoms with E-state index in [-0.39, 0.29) is 23.7 Å². The van der Waals surface area contributed by atoms with Gasteiger partial charge in [-0.15, -0.1) is 0 Å². The average Bonchev–Trinajstić information content (AvgIpc) is 2.91. The number of ether oxygens (including phenoxy) is 1. The molecule has 3 atom stereocenters. The molecule has 0 aliphatic carbocycles. The number of fused-ring (bicyclic) bond motifs is 1. The van der Waals surface area contributed by atoms with Crippen LogP contribution in [-0.4, -0.2) is 69.4 Å². The summed E-state index contributed by atoms with van der Waals surface area (Å²) in [5.41, 5.74) is 0. The number of amides is 1. The third kappa shape index (κ3) is 3.08. The maximum atomic E-state index is 12.6. The van der Waals surface area contributed by atoms with Crippen molar-refractivity contribution in [1.29, 1.82) is 0 Å². The second-order valence-electron chi connectivity index (χ2n) is 6.13. The maximum Gasteiger partial charge on any atom is 0.251 e. The molecule has 3 aliphatic rings. The van der Waals surface area contributed by atoms with Crippen LogP contribution in [0.5, 0.6) is 0 Å². The fourth-order valence-corrected chi connectivity index (χ4v) is 4.34. The van der Waals surface area contributed by atoms with Gasteiger partial charge in [0.1, 0.15) is 0 Å². The molecule has 0 aromatic heterocycles. The van der Waals surface area contributed by atoms with E-state index in [0.29, 0.717) is 39.5 Å². The Bertz CT molecular complexity index is 503. The molecule has 0 unspecified atom stereocenters. The molecule has 0 bridgehead atoms. The van der Waals surface area contributed by atoms with Crippen molar-refractivity contribution in [2.45, 2.75) is 12.8 Å². The number of carbonyl (C=O) groups excluding carboxylic acids is 1. The Balaban J connectivity index is 1.72. The fraction of sp³-hybridized carbons (Fsp3) is 0.923. The molecule has 21 heavy (non-hydrogen) atoms. The summed E-state index contributed by atoms with van der Waals surface area (Å²) < 4.78 is 30.5. The van der Waals surface area contributed by atoms with Gasteiger partial charge in [-0.2, -0.15) is 0 Å². The topological polar surface area (TPSA) is 76.2 Å². The SMILES string of the molecule is CS(=O)(=O)N1C[C@@H]2COC[C@@H](C(=O)N3CCCCO3)[C@@H]2C1. The smallest absolute Gasteiger partial charge is 0.251 e. The van der Waals surface area contributed by atoms with E-state index in [2.05, 4.69) is 0 Å². The molecule has 0 spiro atoms. The van der Waals surface area contributed by atoms with Crippen molar-refractivity contribution in [3.8, 4) is 0 Å². The monoisotopic (exact) mass is 318 g/mol. The second kappa shape index (κ2) is 5.83. The zero-order chi connectivity index (χ0) is 15.0. The third-order valence-corrected chi connectivity index (χ3v) is 5.88. The van der Waals surface area contributed by atoms with Crippen LogP contribution in [0.2, 0.25) is 0 Å². The van der Waals surface area contributed by atoms with Crippen LogP contribution in [0.15, 0.2) is 0 Å². The van der Waals surface area contributed by atoms with Crippen LogP contribution >= 0.6 is 0 Å². The maximum absolute atomic E-state index is 12.6. The first-order valence-electron chi connectivity index (χ1n) is 7.44. The highest BCUT2D eigenvalue weighted by Gasteiger charge is 2.47. The first-order chi connectivity index (χ1) is 9.97. The van der Waals surface area contributed by atoms with Gasteiger partial charge >= 0.3 is 0 Å². The molecule has 0 aromatic rings. The molecule has 0 radical (unpaired) electrons. The van der Waals surface area contributed by atoms with Crippen molar-refractivity contribution >= 4 is 15.9 Å². The first kappa shape index (κ1) is 15.2. The van der Waals surface area contributed by atoms with Gasteiger partial charge in [-0.3, -0.25) is 9.63 Å². The minimum absolute atomic E-state index is 0.0338. The van der Waals surface area contributed by atoms with Crippen LogP contribution in [-0.2, 0) is 24.4 Å².